The second-order valence-corrected chi connectivity index (χ2v) is 7.52. The molecule has 1 fully saturated rings. The summed E-state index contributed by atoms with van der Waals surface area (Å²) in [6.45, 7) is 4.73. The van der Waals surface area contributed by atoms with Gasteiger partial charge in [0, 0.05) is 23.8 Å². The van der Waals surface area contributed by atoms with Gasteiger partial charge in [-0.1, -0.05) is 12.1 Å². The maximum Gasteiger partial charge on any atom is 0.251 e. The highest BCUT2D eigenvalue weighted by Crippen LogP contribution is 2.37. The number of fused-ring (bicyclic) bond motifs is 1. The summed E-state index contributed by atoms with van der Waals surface area (Å²) in [7, 11) is 0. The lowest BCUT2D eigenvalue weighted by Crippen LogP contribution is -2.33. The van der Waals surface area contributed by atoms with Gasteiger partial charge in [-0.05, 0) is 62.2 Å². The Kier molecular flexibility index (Phi) is 6.18. The molecule has 2 heterocycles. The monoisotopic (exact) mass is 409 g/mol. The zero-order valence-corrected chi connectivity index (χ0v) is 17.1. The molecule has 2 N–H and O–H groups in total. The van der Waals surface area contributed by atoms with Crippen LogP contribution >= 0.6 is 0 Å². The number of anilines is 1. The normalized spacial score (nSPS) is 18.1. The Bertz CT molecular complexity index is 930. The van der Waals surface area contributed by atoms with Crippen LogP contribution in [0.1, 0.15) is 41.7 Å². The average molecular weight is 409 g/mol. The van der Waals surface area contributed by atoms with Gasteiger partial charge in [0.1, 0.15) is 13.2 Å². The van der Waals surface area contributed by atoms with E-state index in [-0.39, 0.29) is 17.9 Å². The SMILES string of the molecule is CCNC(=O)c1cccc(NC(=O)CN2CCCC2c2ccc3c(c2)OCCO3)c1. The van der Waals surface area contributed by atoms with Crippen molar-refractivity contribution in [2.24, 2.45) is 0 Å². The summed E-state index contributed by atoms with van der Waals surface area (Å²) in [6.07, 6.45) is 2.04. The standard InChI is InChI=1S/C23H27N3O4/c1-2-24-23(28)17-5-3-6-18(13-17)25-22(27)15-26-10-4-7-19(26)16-8-9-20-21(14-16)30-12-11-29-20/h3,5-6,8-9,13-14,19H,2,4,7,10-12,15H2,1H3,(H,24,28)(H,25,27). The predicted octanol–water partition coefficient (Wildman–Crippen LogP) is 2.98. The van der Waals surface area contributed by atoms with E-state index in [2.05, 4.69) is 21.6 Å². The van der Waals surface area contributed by atoms with Gasteiger partial charge in [-0.3, -0.25) is 14.5 Å². The number of likely N-dealkylation sites (tertiary alicyclic amines) is 1. The molecule has 7 nitrogen and oxygen atoms in total. The number of nitrogens with zero attached hydrogens (tertiary/aromatic N) is 1. The van der Waals surface area contributed by atoms with Gasteiger partial charge in [0.05, 0.1) is 6.54 Å². The summed E-state index contributed by atoms with van der Waals surface area (Å²) in [6, 6.07) is 13.2. The van der Waals surface area contributed by atoms with Crippen LogP contribution in [0, 0.1) is 0 Å². The van der Waals surface area contributed by atoms with E-state index < -0.39 is 0 Å². The van der Waals surface area contributed by atoms with Crippen LogP contribution in [-0.4, -0.2) is 49.6 Å². The van der Waals surface area contributed by atoms with Crippen molar-refractivity contribution in [3.63, 3.8) is 0 Å². The molecule has 2 amide bonds. The van der Waals surface area contributed by atoms with Crippen molar-refractivity contribution in [2.75, 3.05) is 38.2 Å². The molecule has 30 heavy (non-hydrogen) atoms. The van der Waals surface area contributed by atoms with E-state index in [4.69, 9.17) is 9.47 Å². The maximum absolute atomic E-state index is 12.7. The topological polar surface area (TPSA) is 79.9 Å². The molecule has 0 radical (unpaired) electrons. The van der Waals surface area contributed by atoms with Crippen LogP contribution in [0.25, 0.3) is 0 Å². The minimum Gasteiger partial charge on any atom is -0.486 e. The van der Waals surface area contributed by atoms with Crippen LogP contribution < -0.4 is 20.1 Å². The Morgan fingerprint density at radius 1 is 1.10 bits per heavy atom. The van der Waals surface area contributed by atoms with Gasteiger partial charge in [-0.15, -0.1) is 0 Å². The molecule has 0 aromatic heterocycles. The number of amides is 2. The van der Waals surface area contributed by atoms with Crippen LogP contribution in [0.2, 0.25) is 0 Å². The zero-order chi connectivity index (χ0) is 20.9. The van der Waals surface area contributed by atoms with Gasteiger partial charge < -0.3 is 20.1 Å². The Balaban J connectivity index is 1.40. The van der Waals surface area contributed by atoms with Gasteiger partial charge in [-0.25, -0.2) is 0 Å². The average Bonchev–Trinajstić information content (AvgIpc) is 3.21. The summed E-state index contributed by atoms with van der Waals surface area (Å²) >= 11 is 0. The fourth-order valence-electron chi connectivity index (χ4n) is 4.05. The molecular weight excluding hydrogens is 382 g/mol. The van der Waals surface area contributed by atoms with Crippen molar-refractivity contribution in [1.29, 1.82) is 0 Å². The third kappa shape index (κ3) is 4.57. The van der Waals surface area contributed by atoms with Crippen molar-refractivity contribution in [1.82, 2.24) is 10.2 Å². The molecule has 2 aromatic rings. The number of ether oxygens (including phenoxy) is 2. The molecule has 0 spiro atoms. The van der Waals surface area contributed by atoms with Crippen LogP contribution in [-0.2, 0) is 4.79 Å². The molecule has 158 valence electrons. The molecule has 7 heteroatoms. The highest BCUT2D eigenvalue weighted by molar-refractivity contribution is 5.97. The van der Waals surface area contributed by atoms with Gasteiger partial charge >= 0.3 is 0 Å². The quantitative estimate of drug-likeness (QED) is 0.767. The van der Waals surface area contributed by atoms with Gasteiger partial charge in [0.25, 0.3) is 5.91 Å². The lowest BCUT2D eigenvalue weighted by molar-refractivity contribution is -0.117. The molecule has 4 rings (SSSR count). The van der Waals surface area contributed by atoms with Crippen molar-refractivity contribution in [2.45, 2.75) is 25.8 Å². The van der Waals surface area contributed by atoms with Crippen molar-refractivity contribution in [3.05, 3.63) is 53.6 Å². The number of carbonyl (C=O) groups excluding carboxylic acids is 2. The van der Waals surface area contributed by atoms with Gasteiger partial charge in [0.2, 0.25) is 5.91 Å². The van der Waals surface area contributed by atoms with E-state index in [0.717, 1.165) is 36.4 Å². The number of nitrogens with one attached hydrogen (secondary N) is 2. The van der Waals surface area contributed by atoms with Crippen LogP contribution in [0.4, 0.5) is 5.69 Å². The first-order valence-electron chi connectivity index (χ1n) is 10.5. The van der Waals surface area contributed by atoms with E-state index in [0.29, 0.717) is 37.6 Å². The third-order valence-electron chi connectivity index (χ3n) is 5.41. The molecule has 1 atom stereocenters. The van der Waals surface area contributed by atoms with Gasteiger partial charge in [0.15, 0.2) is 11.5 Å². The maximum atomic E-state index is 12.7. The summed E-state index contributed by atoms with van der Waals surface area (Å²) in [5, 5.41) is 5.69. The first kappa shape index (κ1) is 20.2. The first-order chi connectivity index (χ1) is 14.6. The molecular formula is C23H27N3O4. The molecule has 1 unspecified atom stereocenters. The second kappa shape index (κ2) is 9.17. The fourth-order valence-corrected chi connectivity index (χ4v) is 4.05. The minimum absolute atomic E-state index is 0.0903. The second-order valence-electron chi connectivity index (χ2n) is 7.52. The van der Waals surface area contributed by atoms with Crippen molar-refractivity contribution >= 4 is 17.5 Å². The summed E-state index contributed by atoms with van der Waals surface area (Å²) < 4.78 is 11.3. The summed E-state index contributed by atoms with van der Waals surface area (Å²) in [5.41, 5.74) is 2.30. The number of hydrogen-bond donors (Lipinski definition) is 2. The largest absolute Gasteiger partial charge is 0.486 e. The van der Waals surface area contributed by atoms with E-state index in [1.165, 1.54) is 0 Å². The minimum atomic E-state index is -0.146. The Labute approximate surface area is 176 Å². The molecule has 0 bridgehead atoms. The number of hydrogen-bond acceptors (Lipinski definition) is 5. The number of carbonyl (C=O) groups is 2. The smallest absolute Gasteiger partial charge is 0.251 e. The Morgan fingerprint density at radius 2 is 1.93 bits per heavy atom. The number of rotatable bonds is 6. The van der Waals surface area contributed by atoms with Crippen LogP contribution in [0.15, 0.2) is 42.5 Å². The molecule has 0 saturated carbocycles. The van der Waals surface area contributed by atoms with Crippen LogP contribution in [0.3, 0.4) is 0 Å². The predicted molar refractivity (Wildman–Crippen MR) is 114 cm³/mol. The highest BCUT2D eigenvalue weighted by atomic mass is 16.6. The zero-order valence-electron chi connectivity index (χ0n) is 17.1. The lowest BCUT2D eigenvalue weighted by atomic mass is 10.0. The molecule has 0 aliphatic carbocycles. The van der Waals surface area contributed by atoms with E-state index >= 15 is 0 Å². The Hall–Kier alpha value is -3.06. The fraction of sp³-hybridized carbons (Fsp3) is 0.391. The third-order valence-corrected chi connectivity index (χ3v) is 5.41. The van der Waals surface area contributed by atoms with Crippen molar-refractivity contribution < 1.29 is 19.1 Å². The van der Waals surface area contributed by atoms with Crippen LogP contribution in [0.5, 0.6) is 11.5 Å². The molecule has 2 aromatic carbocycles. The summed E-state index contributed by atoms with van der Waals surface area (Å²) in [5.74, 6) is 1.32. The van der Waals surface area contributed by atoms with Crippen molar-refractivity contribution in [3.8, 4) is 11.5 Å². The first-order valence-corrected chi connectivity index (χ1v) is 10.5. The van der Waals surface area contributed by atoms with Gasteiger partial charge in [-0.2, -0.15) is 0 Å². The molecule has 1 saturated heterocycles. The molecule has 2 aliphatic heterocycles. The lowest BCUT2D eigenvalue weighted by Gasteiger charge is -2.26. The Morgan fingerprint density at radius 3 is 2.77 bits per heavy atom. The molecule has 2 aliphatic rings. The van der Waals surface area contributed by atoms with E-state index in [9.17, 15) is 9.59 Å². The number of benzene rings is 2. The summed E-state index contributed by atoms with van der Waals surface area (Å²) in [4.78, 5) is 26.9. The van der Waals surface area contributed by atoms with E-state index in [1.807, 2.05) is 19.1 Å². The van der Waals surface area contributed by atoms with E-state index in [1.54, 1.807) is 24.3 Å². The highest BCUT2D eigenvalue weighted by Gasteiger charge is 2.28.